The van der Waals surface area contributed by atoms with Crippen LogP contribution in [0.2, 0.25) is 0 Å². The van der Waals surface area contributed by atoms with Crippen molar-refractivity contribution < 1.29 is 5.11 Å². The number of rotatable bonds is 3. The molecule has 0 fully saturated rings. The lowest BCUT2D eigenvalue weighted by atomic mass is 10.1. The molecule has 1 rings (SSSR count). The number of hydrogen-bond donors (Lipinski definition) is 1. The summed E-state index contributed by atoms with van der Waals surface area (Å²) in [7, 11) is 0. The zero-order chi connectivity index (χ0) is 8.27. The third-order valence-electron chi connectivity index (χ3n) is 1.62. The van der Waals surface area contributed by atoms with E-state index in [9.17, 15) is 0 Å². The molecule has 2 nitrogen and oxygen atoms in total. The Kier molecular flexibility index (Phi) is 3.02. The number of aromatic nitrogens is 1. The highest BCUT2D eigenvalue weighted by atomic mass is 32.1. The number of nitrogens with zero attached hydrogens (tertiary/aromatic N) is 1. The predicted octanol–water partition coefficient (Wildman–Crippen LogP) is 1.94. The molecule has 1 N–H and O–H groups in total. The third-order valence-corrected chi connectivity index (χ3v) is 2.81. The lowest BCUT2D eigenvalue weighted by molar-refractivity contribution is 0.278. The van der Waals surface area contributed by atoms with Crippen molar-refractivity contribution in [1.29, 1.82) is 0 Å². The summed E-state index contributed by atoms with van der Waals surface area (Å²) in [6.07, 6.45) is 0.812. The van der Waals surface area contributed by atoms with Crippen molar-refractivity contribution in [3.05, 3.63) is 16.1 Å². The first-order chi connectivity index (χ1) is 5.24. The van der Waals surface area contributed by atoms with Gasteiger partial charge < -0.3 is 5.11 Å². The molecule has 3 heteroatoms. The molecule has 0 aliphatic carbocycles. The minimum atomic E-state index is 0.250. The maximum atomic E-state index is 8.68. The second kappa shape index (κ2) is 3.83. The van der Waals surface area contributed by atoms with E-state index in [4.69, 9.17) is 5.11 Å². The Morgan fingerprint density at radius 1 is 1.73 bits per heavy atom. The normalized spacial score (nSPS) is 13.4. The molecule has 1 aromatic rings. The Labute approximate surface area is 70.9 Å². The number of aliphatic hydroxyl groups is 1. The van der Waals surface area contributed by atoms with E-state index in [1.165, 1.54) is 0 Å². The van der Waals surface area contributed by atoms with Gasteiger partial charge in [-0.2, -0.15) is 0 Å². The molecule has 0 aliphatic heterocycles. The fraction of sp³-hybridized carbons (Fsp3) is 0.625. The van der Waals surface area contributed by atoms with Gasteiger partial charge in [0.25, 0.3) is 0 Å². The topological polar surface area (TPSA) is 33.1 Å². The Balaban J connectivity index is 2.60. The maximum Gasteiger partial charge on any atom is 0.0957 e. The zero-order valence-electron chi connectivity index (χ0n) is 6.87. The van der Waals surface area contributed by atoms with Gasteiger partial charge in [0, 0.05) is 23.6 Å². The molecule has 0 bridgehead atoms. The van der Waals surface area contributed by atoms with Crippen molar-refractivity contribution in [2.24, 2.45) is 0 Å². The molecular formula is C8H13NOS. The Bertz CT molecular complexity index is 222. The van der Waals surface area contributed by atoms with Crippen molar-refractivity contribution in [2.45, 2.75) is 26.2 Å². The molecule has 0 aliphatic rings. The maximum absolute atomic E-state index is 8.68. The highest BCUT2D eigenvalue weighted by molar-refractivity contribution is 7.09. The summed E-state index contributed by atoms with van der Waals surface area (Å²) in [6, 6.07) is 0. The van der Waals surface area contributed by atoms with E-state index in [-0.39, 0.29) is 6.61 Å². The lowest BCUT2D eigenvalue weighted by Crippen LogP contribution is -1.95. The van der Waals surface area contributed by atoms with Gasteiger partial charge in [-0.25, -0.2) is 4.98 Å². The molecule has 0 radical (unpaired) electrons. The number of thiazole rings is 1. The van der Waals surface area contributed by atoms with E-state index < -0.39 is 0 Å². The molecule has 1 atom stereocenters. The molecular weight excluding hydrogens is 158 g/mol. The SMILES string of the molecule is Cc1csc(C(C)CCO)n1. The Morgan fingerprint density at radius 2 is 2.45 bits per heavy atom. The van der Waals surface area contributed by atoms with E-state index >= 15 is 0 Å². The smallest absolute Gasteiger partial charge is 0.0957 e. The minimum Gasteiger partial charge on any atom is -0.396 e. The van der Waals surface area contributed by atoms with E-state index in [1.807, 2.05) is 12.3 Å². The Morgan fingerprint density at radius 3 is 2.91 bits per heavy atom. The number of hydrogen-bond acceptors (Lipinski definition) is 3. The number of aliphatic hydroxyl groups excluding tert-OH is 1. The van der Waals surface area contributed by atoms with Gasteiger partial charge in [0.05, 0.1) is 5.01 Å². The van der Waals surface area contributed by atoms with Crippen molar-refractivity contribution in [3.63, 3.8) is 0 Å². The van der Waals surface area contributed by atoms with Crippen molar-refractivity contribution in [2.75, 3.05) is 6.61 Å². The van der Waals surface area contributed by atoms with Gasteiger partial charge >= 0.3 is 0 Å². The average Bonchev–Trinajstić information content (AvgIpc) is 2.36. The molecule has 62 valence electrons. The van der Waals surface area contributed by atoms with Crippen LogP contribution in [0.1, 0.15) is 30.0 Å². The third kappa shape index (κ3) is 2.27. The van der Waals surface area contributed by atoms with Crippen LogP contribution in [0.15, 0.2) is 5.38 Å². The second-order valence-electron chi connectivity index (χ2n) is 2.74. The summed E-state index contributed by atoms with van der Waals surface area (Å²) >= 11 is 1.68. The molecule has 0 amide bonds. The molecule has 0 aromatic carbocycles. The second-order valence-corrected chi connectivity index (χ2v) is 3.63. The first-order valence-electron chi connectivity index (χ1n) is 3.77. The number of aryl methyl sites for hydroxylation is 1. The summed E-state index contributed by atoms with van der Waals surface area (Å²) in [5.41, 5.74) is 1.08. The summed E-state index contributed by atoms with van der Waals surface area (Å²) in [6.45, 7) is 4.33. The van der Waals surface area contributed by atoms with Crippen molar-refractivity contribution in [3.8, 4) is 0 Å². The first kappa shape index (κ1) is 8.68. The standard InChI is InChI=1S/C8H13NOS/c1-6(3-4-10)8-9-7(2)5-11-8/h5-6,10H,3-4H2,1-2H3. The average molecular weight is 171 g/mol. The molecule has 1 aromatic heterocycles. The lowest BCUT2D eigenvalue weighted by Gasteiger charge is -2.03. The zero-order valence-corrected chi connectivity index (χ0v) is 7.69. The monoisotopic (exact) mass is 171 g/mol. The quantitative estimate of drug-likeness (QED) is 0.754. The Hall–Kier alpha value is -0.410. The summed E-state index contributed by atoms with van der Waals surface area (Å²) in [5, 5.41) is 11.9. The van der Waals surface area contributed by atoms with Gasteiger partial charge in [-0.1, -0.05) is 6.92 Å². The van der Waals surface area contributed by atoms with Gasteiger partial charge in [-0.05, 0) is 13.3 Å². The fourth-order valence-corrected chi connectivity index (χ4v) is 1.81. The van der Waals surface area contributed by atoms with Crippen LogP contribution in [0, 0.1) is 6.92 Å². The van der Waals surface area contributed by atoms with Gasteiger partial charge in [-0.3, -0.25) is 0 Å². The fourth-order valence-electron chi connectivity index (χ4n) is 0.916. The van der Waals surface area contributed by atoms with Crippen molar-refractivity contribution >= 4 is 11.3 Å². The van der Waals surface area contributed by atoms with Crippen LogP contribution in [0.25, 0.3) is 0 Å². The van der Waals surface area contributed by atoms with Crippen LogP contribution in [0.4, 0.5) is 0 Å². The molecule has 11 heavy (non-hydrogen) atoms. The van der Waals surface area contributed by atoms with Gasteiger partial charge in [0.1, 0.15) is 0 Å². The van der Waals surface area contributed by atoms with Crippen molar-refractivity contribution in [1.82, 2.24) is 4.98 Å². The summed E-state index contributed by atoms with van der Waals surface area (Å²) in [5.74, 6) is 0.402. The van der Waals surface area contributed by atoms with Crippen LogP contribution < -0.4 is 0 Å². The minimum absolute atomic E-state index is 0.250. The highest BCUT2D eigenvalue weighted by Crippen LogP contribution is 2.21. The molecule has 0 saturated carbocycles. The van der Waals surface area contributed by atoms with Gasteiger partial charge in [-0.15, -0.1) is 11.3 Å². The van der Waals surface area contributed by atoms with Crippen LogP contribution in [-0.4, -0.2) is 16.7 Å². The van der Waals surface area contributed by atoms with Gasteiger partial charge in [0.2, 0.25) is 0 Å². The molecule has 0 spiro atoms. The molecule has 1 heterocycles. The van der Waals surface area contributed by atoms with E-state index in [2.05, 4.69) is 11.9 Å². The molecule has 1 unspecified atom stereocenters. The van der Waals surface area contributed by atoms with E-state index in [0.29, 0.717) is 5.92 Å². The van der Waals surface area contributed by atoms with Gasteiger partial charge in [0.15, 0.2) is 0 Å². The predicted molar refractivity (Wildman–Crippen MR) is 47.0 cm³/mol. The largest absolute Gasteiger partial charge is 0.396 e. The van der Waals surface area contributed by atoms with Crippen LogP contribution in [0.5, 0.6) is 0 Å². The van der Waals surface area contributed by atoms with Crippen LogP contribution >= 0.6 is 11.3 Å². The van der Waals surface area contributed by atoms with E-state index in [0.717, 1.165) is 17.1 Å². The summed E-state index contributed by atoms with van der Waals surface area (Å²) < 4.78 is 0. The van der Waals surface area contributed by atoms with E-state index in [1.54, 1.807) is 11.3 Å². The highest BCUT2D eigenvalue weighted by Gasteiger charge is 2.07. The molecule has 0 saturated heterocycles. The van der Waals surface area contributed by atoms with Crippen LogP contribution in [0.3, 0.4) is 0 Å². The first-order valence-corrected chi connectivity index (χ1v) is 4.65. The van der Waals surface area contributed by atoms with Crippen LogP contribution in [-0.2, 0) is 0 Å². The summed E-state index contributed by atoms with van der Waals surface area (Å²) in [4.78, 5) is 4.34.